The first kappa shape index (κ1) is 24.8. The number of fused-ring (bicyclic) bond motifs is 1. The van der Waals surface area contributed by atoms with E-state index in [1.165, 1.54) is 36.8 Å². The summed E-state index contributed by atoms with van der Waals surface area (Å²) in [6.45, 7) is 0.815. The van der Waals surface area contributed by atoms with Gasteiger partial charge in [-0.15, -0.1) is 0 Å². The number of methoxy groups -OCH3 is 1. The molecule has 0 unspecified atom stereocenters. The van der Waals surface area contributed by atoms with Crippen LogP contribution in [0.5, 0.6) is 0 Å². The summed E-state index contributed by atoms with van der Waals surface area (Å²) in [4.78, 5) is 34.9. The van der Waals surface area contributed by atoms with Crippen molar-refractivity contribution in [1.82, 2.24) is 19.1 Å². The van der Waals surface area contributed by atoms with Crippen LogP contribution in [0.25, 0.3) is 33.3 Å². The number of pyridine rings is 1. The first-order valence-electron chi connectivity index (χ1n) is 11.8. The molecule has 3 aromatic heterocycles. The highest BCUT2D eigenvalue weighted by Crippen LogP contribution is 2.32. The normalized spacial score (nSPS) is 11.1. The van der Waals surface area contributed by atoms with Gasteiger partial charge in [0.2, 0.25) is 5.43 Å². The van der Waals surface area contributed by atoms with Gasteiger partial charge in [-0.3, -0.25) is 9.59 Å². The number of anilines is 2. The van der Waals surface area contributed by atoms with Crippen LogP contribution in [0, 0.1) is 5.82 Å². The fraction of sp³-hybridized carbons (Fsp3) is 0.143. The van der Waals surface area contributed by atoms with Crippen molar-refractivity contribution in [3.63, 3.8) is 0 Å². The number of hydrogen-bond acceptors (Lipinski definition) is 6. The molecule has 0 spiro atoms. The van der Waals surface area contributed by atoms with E-state index in [-0.39, 0.29) is 5.56 Å². The number of nitrogens with two attached hydrogens (primary N) is 1. The Balaban J connectivity index is 1.45. The van der Waals surface area contributed by atoms with Crippen molar-refractivity contribution in [1.29, 1.82) is 0 Å². The van der Waals surface area contributed by atoms with E-state index < -0.39 is 17.2 Å². The van der Waals surface area contributed by atoms with Crippen LogP contribution in [0.1, 0.15) is 10.4 Å². The highest BCUT2D eigenvalue weighted by atomic mass is 19.1. The van der Waals surface area contributed by atoms with E-state index in [0.29, 0.717) is 35.8 Å². The quantitative estimate of drug-likeness (QED) is 0.339. The van der Waals surface area contributed by atoms with E-state index in [9.17, 15) is 14.0 Å². The number of ether oxygens (including phenoxy) is 1. The van der Waals surface area contributed by atoms with Gasteiger partial charge in [0.15, 0.2) is 0 Å². The van der Waals surface area contributed by atoms with Crippen molar-refractivity contribution in [3.8, 4) is 22.3 Å². The maximum atomic E-state index is 13.5. The number of nitrogen functional groups attached to an aromatic ring is 1. The van der Waals surface area contributed by atoms with Gasteiger partial charge in [0, 0.05) is 56.1 Å². The van der Waals surface area contributed by atoms with Gasteiger partial charge < -0.3 is 24.9 Å². The van der Waals surface area contributed by atoms with Crippen molar-refractivity contribution in [3.05, 3.63) is 95.1 Å². The summed E-state index contributed by atoms with van der Waals surface area (Å²) in [7, 11) is 3.45. The summed E-state index contributed by atoms with van der Waals surface area (Å²) >= 11 is 0. The number of carbonyl (C=O) groups excluding carboxylic acids is 1. The second-order valence-corrected chi connectivity index (χ2v) is 8.79. The average molecular weight is 513 g/mol. The number of amides is 1. The van der Waals surface area contributed by atoms with Crippen molar-refractivity contribution in [2.45, 2.75) is 6.54 Å². The topological polar surface area (TPSA) is 117 Å². The molecular formula is C28H25FN6O3. The van der Waals surface area contributed by atoms with Crippen molar-refractivity contribution >= 4 is 28.4 Å². The molecule has 5 rings (SSSR count). The molecule has 3 N–H and O–H groups in total. The average Bonchev–Trinajstić information content (AvgIpc) is 3.26. The minimum Gasteiger partial charge on any atom is -0.383 e. The lowest BCUT2D eigenvalue weighted by atomic mass is 10.0. The maximum absolute atomic E-state index is 13.5. The number of halogens is 1. The number of aromatic nitrogens is 4. The second kappa shape index (κ2) is 10.3. The Morgan fingerprint density at radius 3 is 2.39 bits per heavy atom. The second-order valence-electron chi connectivity index (χ2n) is 8.79. The fourth-order valence-corrected chi connectivity index (χ4v) is 4.34. The summed E-state index contributed by atoms with van der Waals surface area (Å²) < 4.78 is 22.2. The Kier molecular flexibility index (Phi) is 6.71. The summed E-state index contributed by atoms with van der Waals surface area (Å²) in [5, 5.41) is 3.56. The molecule has 0 saturated heterocycles. The van der Waals surface area contributed by atoms with Crippen LogP contribution in [0.3, 0.4) is 0 Å². The molecule has 0 bridgehead atoms. The van der Waals surface area contributed by atoms with Gasteiger partial charge in [0.25, 0.3) is 5.91 Å². The predicted molar refractivity (Wildman–Crippen MR) is 144 cm³/mol. The Morgan fingerprint density at radius 1 is 1.00 bits per heavy atom. The lowest BCUT2D eigenvalue weighted by Gasteiger charge is -2.13. The van der Waals surface area contributed by atoms with E-state index >= 15 is 0 Å². The maximum Gasteiger partial charge on any atom is 0.261 e. The summed E-state index contributed by atoms with van der Waals surface area (Å²) in [5.74, 6) is -0.584. The molecule has 10 heteroatoms. The molecular weight excluding hydrogens is 487 g/mol. The van der Waals surface area contributed by atoms with Crippen LogP contribution in [-0.2, 0) is 18.3 Å². The van der Waals surface area contributed by atoms with Gasteiger partial charge in [-0.25, -0.2) is 14.4 Å². The molecule has 0 radical (unpaired) electrons. The summed E-state index contributed by atoms with van der Waals surface area (Å²) in [6, 6.07) is 12.8. The molecule has 5 aromatic rings. The fourth-order valence-electron chi connectivity index (χ4n) is 4.34. The number of nitrogens with zero attached hydrogens (tertiary/aromatic N) is 4. The van der Waals surface area contributed by atoms with Gasteiger partial charge in [-0.2, -0.15) is 0 Å². The number of carbonyl (C=O) groups is 1. The third-order valence-corrected chi connectivity index (χ3v) is 6.27. The van der Waals surface area contributed by atoms with E-state index in [0.717, 1.165) is 22.2 Å². The molecule has 192 valence electrons. The van der Waals surface area contributed by atoms with Crippen LogP contribution in [0.2, 0.25) is 0 Å². The first-order valence-corrected chi connectivity index (χ1v) is 11.8. The first-order chi connectivity index (χ1) is 18.4. The van der Waals surface area contributed by atoms with Crippen LogP contribution in [0.15, 0.2) is 78.2 Å². The van der Waals surface area contributed by atoms with Crippen molar-refractivity contribution in [2.75, 3.05) is 24.8 Å². The third-order valence-electron chi connectivity index (χ3n) is 6.27. The highest BCUT2D eigenvalue weighted by Gasteiger charge is 2.18. The van der Waals surface area contributed by atoms with E-state index in [1.54, 1.807) is 30.0 Å². The Morgan fingerprint density at radius 2 is 1.68 bits per heavy atom. The summed E-state index contributed by atoms with van der Waals surface area (Å²) in [6.07, 6.45) is 6.48. The lowest BCUT2D eigenvalue weighted by molar-refractivity contribution is 0.102. The minimum atomic E-state index is -0.555. The molecule has 38 heavy (non-hydrogen) atoms. The Hall–Kier alpha value is -4.83. The number of aryl methyl sites for hydroxylation is 1. The number of benzene rings is 2. The van der Waals surface area contributed by atoms with Gasteiger partial charge in [-0.1, -0.05) is 24.3 Å². The van der Waals surface area contributed by atoms with Gasteiger partial charge >= 0.3 is 0 Å². The zero-order valence-corrected chi connectivity index (χ0v) is 20.8. The molecule has 0 fully saturated rings. The molecule has 0 aliphatic rings. The molecule has 0 saturated carbocycles. The van der Waals surface area contributed by atoms with E-state index in [2.05, 4.69) is 15.3 Å². The molecule has 3 heterocycles. The van der Waals surface area contributed by atoms with Crippen LogP contribution >= 0.6 is 0 Å². The zero-order valence-electron chi connectivity index (χ0n) is 20.8. The number of rotatable bonds is 7. The summed E-state index contributed by atoms with van der Waals surface area (Å²) in [5.41, 5.74) is 9.39. The monoisotopic (exact) mass is 512 g/mol. The van der Waals surface area contributed by atoms with Crippen molar-refractivity contribution in [2.24, 2.45) is 7.05 Å². The van der Waals surface area contributed by atoms with Gasteiger partial charge in [-0.05, 0) is 35.4 Å². The molecule has 0 aliphatic heterocycles. The smallest absolute Gasteiger partial charge is 0.261 e. The highest BCUT2D eigenvalue weighted by molar-refractivity contribution is 6.05. The van der Waals surface area contributed by atoms with Crippen LogP contribution in [-0.4, -0.2) is 38.7 Å². The van der Waals surface area contributed by atoms with Gasteiger partial charge in [0.05, 0.1) is 12.0 Å². The van der Waals surface area contributed by atoms with Crippen molar-refractivity contribution < 1.29 is 13.9 Å². The van der Waals surface area contributed by atoms with Gasteiger partial charge in [0.1, 0.15) is 29.2 Å². The van der Waals surface area contributed by atoms with Crippen LogP contribution in [0.4, 0.5) is 15.9 Å². The molecule has 1 amide bonds. The van der Waals surface area contributed by atoms with Crippen LogP contribution < -0.4 is 16.5 Å². The van der Waals surface area contributed by atoms with E-state index in [4.69, 9.17) is 10.5 Å². The largest absolute Gasteiger partial charge is 0.383 e. The molecule has 0 atom stereocenters. The molecule has 2 aromatic carbocycles. The predicted octanol–water partition coefficient (Wildman–Crippen LogP) is 4.08. The SMILES string of the molecule is COCCn1cc(C(=O)Nc2ccc(-c3cn(C)c4ncnc(N)c34)cc2)c(=O)c(-c2ccc(F)cc2)c1. The minimum absolute atomic E-state index is 0.0361. The zero-order chi connectivity index (χ0) is 26.8. The number of nitrogens with one attached hydrogen (secondary N) is 1. The third kappa shape index (κ3) is 4.76. The Bertz CT molecular complexity index is 1690. The Labute approximate surface area is 217 Å². The lowest BCUT2D eigenvalue weighted by Crippen LogP contribution is -2.25. The van der Waals surface area contributed by atoms with E-state index in [1.807, 2.05) is 29.9 Å². The molecule has 9 nitrogen and oxygen atoms in total. The molecule has 0 aliphatic carbocycles. The number of hydrogen-bond donors (Lipinski definition) is 2. The standard InChI is InChI=1S/C28H25FN6O3/c1-34-13-21(24-26(30)31-16-32-27(24)34)17-5-9-20(10-6-17)33-28(37)23-15-35(11-12-38-2)14-22(25(23)36)18-3-7-19(29)8-4-18/h3-10,13-16H,11-12H2,1-2H3,(H,33,37)(H2,30,31,32).